The number of halogens is 4. The molecule has 2 aromatic rings. The van der Waals surface area contributed by atoms with E-state index in [1.807, 2.05) is 0 Å². The van der Waals surface area contributed by atoms with Crippen LogP contribution >= 0.6 is 15.9 Å². The number of rotatable bonds is 9. The van der Waals surface area contributed by atoms with Crippen molar-refractivity contribution >= 4 is 43.5 Å². The van der Waals surface area contributed by atoms with Gasteiger partial charge in [-0.15, -0.1) is 0 Å². The Balaban J connectivity index is 2.42. The highest BCUT2D eigenvalue weighted by atomic mass is 79.9. The fourth-order valence-corrected chi connectivity index (χ4v) is 4.25. The van der Waals surface area contributed by atoms with Crippen molar-refractivity contribution in [3.05, 3.63) is 64.1 Å². The van der Waals surface area contributed by atoms with Crippen LogP contribution in [0.4, 0.5) is 18.9 Å². The lowest BCUT2D eigenvalue weighted by Gasteiger charge is -2.31. The van der Waals surface area contributed by atoms with Crippen molar-refractivity contribution < 1.29 is 31.2 Å². The highest BCUT2D eigenvalue weighted by Gasteiger charge is 2.33. The fourth-order valence-electron chi connectivity index (χ4n) is 3.14. The maximum atomic E-state index is 13.3. The van der Waals surface area contributed by atoms with Crippen LogP contribution in [0.15, 0.2) is 53.0 Å². The summed E-state index contributed by atoms with van der Waals surface area (Å²) in [7, 11) is -4.13. The Morgan fingerprint density at radius 2 is 1.74 bits per heavy atom. The molecule has 2 rings (SSSR count). The molecule has 0 saturated carbocycles. The zero-order valence-corrected chi connectivity index (χ0v) is 21.2. The minimum Gasteiger partial charge on any atom is -0.355 e. The first kappa shape index (κ1) is 27.6. The van der Waals surface area contributed by atoms with Gasteiger partial charge in [0.1, 0.15) is 12.6 Å². The van der Waals surface area contributed by atoms with Crippen LogP contribution in [0.1, 0.15) is 25.0 Å². The van der Waals surface area contributed by atoms with Gasteiger partial charge < -0.3 is 10.2 Å². The maximum absolute atomic E-state index is 13.3. The van der Waals surface area contributed by atoms with Crippen LogP contribution in [0.2, 0.25) is 0 Å². The van der Waals surface area contributed by atoms with Crippen molar-refractivity contribution in [2.24, 2.45) is 0 Å². The van der Waals surface area contributed by atoms with Crippen LogP contribution in [-0.2, 0) is 32.3 Å². The molecule has 0 aliphatic carbocycles. The molecule has 0 saturated heterocycles. The van der Waals surface area contributed by atoms with E-state index in [9.17, 15) is 31.2 Å². The summed E-state index contributed by atoms with van der Waals surface area (Å²) in [4.78, 5) is 27.0. The van der Waals surface area contributed by atoms with Crippen molar-refractivity contribution in [3.63, 3.8) is 0 Å². The van der Waals surface area contributed by atoms with Gasteiger partial charge >= 0.3 is 6.18 Å². The Bertz CT molecular complexity index is 1120. The third-order valence-electron chi connectivity index (χ3n) is 4.93. The second-order valence-corrected chi connectivity index (χ2v) is 10.4. The molecule has 0 radical (unpaired) electrons. The second-order valence-electron chi connectivity index (χ2n) is 7.54. The Morgan fingerprint density at radius 1 is 1.12 bits per heavy atom. The first-order valence-electron chi connectivity index (χ1n) is 10.2. The third kappa shape index (κ3) is 7.45. The van der Waals surface area contributed by atoms with Gasteiger partial charge in [-0.3, -0.25) is 13.9 Å². The topological polar surface area (TPSA) is 86.8 Å². The smallest absolute Gasteiger partial charge is 0.355 e. The third-order valence-corrected chi connectivity index (χ3v) is 6.59. The van der Waals surface area contributed by atoms with E-state index in [-0.39, 0.29) is 12.2 Å². The molecule has 1 atom stereocenters. The van der Waals surface area contributed by atoms with E-state index in [1.54, 1.807) is 31.2 Å². The molecule has 186 valence electrons. The summed E-state index contributed by atoms with van der Waals surface area (Å²) in [6.07, 6.45) is -3.89. The molecule has 34 heavy (non-hydrogen) atoms. The molecule has 7 nitrogen and oxygen atoms in total. The van der Waals surface area contributed by atoms with Crippen molar-refractivity contribution in [3.8, 4) is 0 Å². The maximum Gasteiger partial charge on any atom is 0.416 e. The fraction of sp³-hybridized carbons (Fsp3) is 0.364. The van der Waals surface area contributed by atoms with Crippen LogP contribution in [-0.4, -0.2) is 50.5 Å². The van der Waals surface area contributed by atoms with Gasteiger partial charge in [-0.25, -0.2) is 8.42 Å². The Kier molecular flexibility index (Phi) is 9.12. The molecule has 12 heteroatoms. The second kappa shape index (κ2) is 11.2. The highest BCUT2D eigenvalue weighted by Crippen LogP contribution is 2.32. The number of carbonyl (C=O) groups is 2. The van der Waals surface area contributed by atoms with E-state index in [2.05, 4.69) is 21.2 Å². The first-order chi connectivity index (χ1) is 15.7. The number of nitrogens with one attached hydrogen (secondary N) is 1. The predicted molar refractivity (Wildman–Crippen MR) is 126 cm³/mol. The summed E-state index contributed by atoms with van der Waals surface area (Å²) in [6, 6.07) is 9.72. The normalized spacial score (nSPS) is 12.7. The number of sulfonamides is 1. The first-order valence-corrected chi connectivity index (χ1v) is 12.8. The van der Waals surface area contributed by atoms with Gasteiger partial charge in [0.15, 0.2) is 0 Å². The zero-order valence-electron chi connectivity index (χ0n) is 18.8. The number of carbonyl (C=O) groups excluding carboxylic acids is 2. The number of hydrogen-bond donors (Lipinski definition) is 1. The van der Waals surface area contributed by atoms with Crippen LogP contribution in [0.3, 0.4) is 0 Å². The molecule has 0 heterocycles. The van der Waals surface area contributed by atoms with Gasteiger partial charge in [0.25, 0.3) is 0 Å². The molecule has 0 fully saturated rings. The summed E-state index contributed by atoms with van der Waals surface area (Å²) in [5.41, 5.74) is -0.675. The number of likely N-dealkylation sites (N-methyl/N-ethyl adjacent to an activating group) is 1. The van der Waals surface area contributed by atoms with E-state index < -0.39 is 46.2 Å². The number of anilines is 1. The van der Waals surface area contributed by atoms with Gasteiger partial charge in [-0.1, -0.05) is 34.1 Å². The Labute approximate surface area is 205 Å². The van der Waals surface area contributed by atoms with E-state index in [0.717, 1.165) is 22.9 Å². The summed E-state index contributed by atoms with van der Waals surface area (Å²) in [6.45, 7) is 2.75. The van der Waals surface area contributed by atoms with Gasteiger partial charge in [0.05, 0.1) is 17.5 Å². The van der Waals surface area contributed by atoms with E-state index >= 15 is 0 Å². The average Bonchev–Trinajstić information content (AvgIpc) is 2.75. The predicted octanol–water partition coefficient (Wildman–Crippen LogP) is 3.79. The molecule has 0 aromatic heterocycles. The average molecular weight is 564 g/mol. The standard InChI is InChI=1S/C22H25BrF3N3O4S/c1-4-27-21(31)15(2)28(13-16-8-10-18(23)11-9-16)20(30)14-29(34(3,32)33)19-7-5-6-17(12-19)22(24,25)26/h5-12,15H,4,13-14H2,1-3H3,(H,27,31)/t15-/m0/s1. The minimum absolute atomic E-state index is 0.00932. The largest absolute Gasteiger partial charge is 0.416 e. The molecule has 0 unspecified atom stereocenters. The SMILES string of the molecule is CCNC(=O)[C@H](C)N(Cc1ccc(Br)cc1)C(=O)CN(c1cccc(C(F)(F)F)c1)S(C)(=O)=O. The summed E-state index contributed by atoms with van der Waals surface area (Å²) in [5.74, 6) is -1.19. The van der Waals surface area contributed by atoms with Crippen molar-refractivity contribution in [2.75, 3.05) is 23.7 Å². The molecule has 0 spiro atoms. The molecular weight excluding hydrogens is 539 g/mol. The van der Waals surface area contributed by atoms with Crippen LogP contribution in [0.25, 0.3) is 0 Å². The number of benzene rings is 2. The molecule has 2 aromatic carbocycles. The molecule has 0 aliphatic rings. The monoisotopic (exact) mass is 563 g/mol. The minimum atomic E-state index is -4.69. The van der Waals surface area contributed by atoms with Crippen LogP contribution in [0, 0.1) is 0 Å². The van der Waals surface area contributed by atoms with E-state index in [0.29, 0.717) is 22.5 Å². The van der Waals surface area contributed by atoms with Crippen molar-refractivity contribution in [1.82, 2.24) is 10.2 Å². The summed E-state index contributed by atoms with van der Waals surface area (Å²) < 4.78 is 65.8. The lowest BCUT2D eigenvalue weighted by molar-refractivity contribution is -0.139. The van der Waals surface area contributed by atoms with E-state index in [1.165, 1.54) is 17.9 Å². The lowest BCUT2D eigenvalue weighted by Crippen LogP contribution is -2.51. The van der Waals surface area contributed by atoms with E-state index in [4.69, 9.17) is 0 Å². The van der Waals surface area contributed by atoms with Gasteiger partial charge in [-0.2, -0.15) is 13.2 Å². The number of hydrogen-bond acceptors (Lipinski definition) is 4. The molecule has 0 bridgehead atoms. The van der Waals surface area contributed by atoms with Crippen molar-refractivity contribution in [2.45, 2.75) is 32.6 Å². The molecule has 1 N–H and O–H groups in total. The lowest BCUT2D eigenvalue weighted by atomic mass is 10.1. The summed E-state index contributed by atoms with van der Waals surface area (Å²) in [5, 5.41) is 2.62. The molecule has 0 aliphatic heterocycles. The Hall–Kier alpha value is -2.60. The van der Waals surface area contributed by atoms with Crippen LogP contribution < -0.4 is 9.62 Å². The quantitative estimate of drug-likeness (QED) is 0.503. The van der Waals surface area contributed by atoms with Gasteiger partial charge in [0.2, 0.25) is 21.8 Å². The van der Waals surface area contributed by atoms with Gasteiger partial charge in [0, 0.05) is 17.6 Å². The highest BCUT2D eigenvalue weighted by molar-refractivity contribution is 9.10. The molecule has 2 amide bonds. The number of alkyl halides is 3. The van der Waals surface area contributed by atoms with Crippen molar-refractivity contribution in [1.29, 1.82) is 0 Å². The number of nitrogens with zero attached hydrogens (tertiary/aromatic N) is 2. The summed E-state index contributed by atoms with van der Waals surface area (Å²) >= 11 is 3.32. The zero-order chi connectivity index (χ0) is 25.7. The molecular formula is C22H25BrF3N3O4S. The Morgan fingerprint density at radius 3 is 2.26 bits per heavy atom. The number of amides is 2. The van der Waals surface area contributed by atoms with Gasteiger partial charge in [-0.05, 0) is 49.7 Å². The van der Waals surface area contributed by atoms with Crippen LogP contribution in [0.5, 0.6) is 0 Å².